The van der Waals surface area contributed by atoms with Crippen molar-refractivity contribution in [3.05, 3.63) is 71.3 Å². The summed E-state index contributed by atoms with van der Waals surface area (Å²) >= 11 is 0. The Balaban J connectivity index is 1.80. The fourth-order valence-electron chi connectivity index (χ4n) is 4.49. The lowest BCUT2D eigenvalue weighted by Gasteiger charge is -2.23. The number of methoxy groups -OCH3 is 5. The van der Waals surface area contributed by atoms with Gasteiger partial charge in [0, 0.05) is 43.4 Å². The molecule has 9 nitrogen and oxygen atoms in total. The van der Waals surface area contributed by atoms with Crippen LogP contribution in [0.5, 0.6) is 28.7 Å². The minimum absolute atomic E-state index is 0.298. The van der Waals surface area contributed by atoms with E-state index < -0.39 is 0 Å². The number of hydrogen-bond donors (Lipinski definition) is 0. The van der Waals surface area contributed by atoms with Gasteiger partial charge < -0.3 is 28.6 Å². The van der Waals surface area contributed by atoms with Crippen LogP contribution >= 0.6 is 0 Å². The van der Waals surface area contributed by atoms with Crippen LogP contribution < -0.4 is 28.6 Å². The Hall–Kier alpha value is -4.40. The molecule has 0 spiro atoms. The maximum absolute atomic E-state index is 14.0. The summed E-state index contributed by atoms with van der Waals surface area (Å²) in [6.45, 7) is 0. The molecule has 0 bridgehead atoms. The van der Waals surface area contributed by atoms with Crippen LogP contribution in [-0.4, -0.2) is 66.3 Å². The number of anilines is 1. The van der Waals surface area contributed by atoms with Crippen molar-refractivity contribution in [1.29, 1.82) is 0 Å². The predicted octanol–water partition coefficient (Wildman–Crippen LogP) is 4.79. The maximum Gasteiger partial charge on any atom is 0.274 e. The lowest BCUT2D eigenvalue weighted by atomic mass is 9.97. The van der Waals surface area contributed by atoms with E-state index in [1.807, 2.05) is 61.5 Å². The maximum atomic E-state index is 14.0. The Morgan fingerprint density at radius 3 is 1.97 bits per heavy atom. The molecule has 3 aromatic rings. The van der Waals surface area contributed by atoms with Gasteiger partial charge in [0.15, 0.2) is 11.5 Å². The molecule has 38 heavy (non-hydrogen) atoms. The summed E-state index contributed by atoms with van der Waals surface area (Å²) < 4.78 is 27.4. The SMILES string of the molecule is COc1ccc(C2=NN(C(=O)c3cc(OC)c(OC)c(OC)c3)[C@@H](c3ccc(N(C)C)cc3)C2)c(OC)c1. The quantitative estimate of drug-likeness (QED) is 0.402. The summed E-state index contributed by atoms with van der Waals surface area (Å²) in [5, 5.41) is 6.34. The Kier molecular flexibility index (Phi) is 7.95. The van der Waals surface area contributed by atoms with Crippen LogP contribution in [0.3, 0.4) is 0 Å². The molecule has 1 amide bonds. The molecule has 4 rings (SSSR count). The average molecular weight is 520 g/mol. The van der Waals surface area contributed by atoms with Crippen LogP contribution in [0.4, 0.5) is 5.69 Å². The highest BCUT2D eigenvalue weighted by Crippen LogP contribution is 2.41. The number of carbonyl (C=O) groups is 1. The Bertz CT molecular complexity index is 1310. The summed E-state index contributed by atoms with van der Waals surface area (Å²) in [6.07, 6.45) is 0.500. The minimum Gasteiger partial charge on any atom is -0.497 e. The van der Waals surface area contributed by atoms with Gasteiger partial charge in [-0.3, -0.25) is 4.79 Å². The molecular formula is C29H33N3O6. The van der Waals surface area contributed by atoms with Gasteiger partial charge in [-0.15, -0.1) is 0 Å². The summed E-state index contributed by atoms with van der Waals surface area (Å²) in [5.41, 5.74) is 3.91. The van der Waals surface area contributed by atoms with E-state index in [1.54, 1.807) is 26.4 Å². The molecule has 0 saturated carbocycles. The molecule has 1 aliphatic rings. The molecule has 1 aliphatic heterocycles. The summed E-state index contributed by atoms with van der Waals surface area (Å²) in [4.78, 5) is 16.0. The van der Waals surface area contributed by atoms with Gasteiger partial charge in [-0.25, -0.2) is 5.01 Å². The molecule has 3 aromatic carbocycles. The first-order valence-corrected chi connectivity index (χ1v) is 12.1. The number of hydrogen-bond acceptors (Lipinski definition) is 8. The van der Waals surface area contributed by atoms with Gasteiger partial charge in [0.1, 0.15) is 11.5 Å². The molecule has 0 N–H and O–H groups in total. The summed E-state index contributed by atoms with van der Waals surface area (Å²) in [6, 6.07) is 16.6. The number of benzene rings is 3. The molecule has 0 aromatic heterocycles. The Morgan fingerprint density at radius 1 is 0.816 bits per heavy atom. The van der Waals surface area contributed by atoms with E-state index in [9.17, 15) is 4.79 Å². The van der Waals surface area contributed by atoms with Gasteiger partial charge >= 0.3 is 0 Å². The van der Waals surface area contributed by atoms with E-state index >= 15 is 0 Å². The zero-order valence-electron chi connectivity index (χ0n) is 22.8. The lowest BCUT2D eigenvalue weighted by molar-refractivity contribution is 0.0710. The molecule has 0 unspecified atom stereocenters. The van der Waals surface area contributed by atoms with Gasteiger partial charge in [0.2, 0.25) is 5.75 Å². The molecule has 1 atom stereocenters. The summed E-state index contributed by atoms with van der Waals surface area (Å²) in [5.74, 6) is 2.19. The third-order valence-corrected chi connectivity index (χ3v) is 6.54. The Morgan fingerprint density at radius 2 is 1.45 bits per heavy atom. The van der Waals surface area contributed by atoms with Crippen LogP contribution in [0.1, 0.15) is 33.9 Å². The highest BCUT2D eigenvalue weighted by molar-refractivity contribution is 6.07. The van der Waals surface area contributed by atoms with E-state index in [0.29, 0.717) is 40.7 Å². The fourth-order valence-corrected chi connectivity index (χ4v) is 4.49. The molecule has 0 saturated heterocycles. The first-order valence-electron chi connectivity index (χ1n) is 12.1. The normalized spacial score (nSPS) is 14.6. The minimum atomic E-state index is -0.334. The number of carbonyl (C=O) groups excluding carboxylic acids is 1. The van der Waals surface area contributed by atoms with Crippen molar-refractivity contribution in [2.24, 2.45) is 5.10 Å². The van der Waals surface area contributed by atoms with E-state index in [2.05, 4.69) is 0 Å². The Labute approximate surface area is 223 Å². The molecule has 0 radical (unpaired) electrons. The lowest BCUT2D eigenvalue weighted by Crippen LogP contribution is -2.27. The third kappa shape index (κ3) is 5.04. The van der Waals surface area contributed by atoms with Gasteiger partial charge in [-0.1, -0.05) is 12.1 Å². The second kappa shape index (κ2) is 11.3. The van der Waals surface area contributed by atoms with Crippen LogP contribution in [0, 0.1) is 0 Å². The van der Waals surface area contributed by atoms with Gasteiger partial charge in [-0.2, -0.15) is 5.10 Å². The zero-order chi connectivity index (χ0) is 27.4. The van der Waals surface area contributed by atoms with Crippen LogP contribution in [0.15, 0.2) is 59.7 Å². The monoisotopic (exact) mass is 519 g/mol. The van der Waals surface area contributed by atoms with Crippen molar-refractivity contribution in [2.75, 3.05) is 54.5 Å². The smallest absolute Gasteiger partial charge is 0.274 e. The highest BCUT2D eigenvalue weighted by Gasteiger charge is 2.35. The summed E-state index contributed by atoms with van der Waals surface area (Å²) in [7, 11) is 11.7. The molecule has 9 heteroatoms. The molecular weight excluding hydrogens is 486 g/mol. The van der Waals surface area contributed by atoms with Gasteiger partial charge in [0.25, 0.3) is 5.91 Å². The standard InChI is InChI=1S/C29H33N3O6/c1-31(2)20-10-8-18(9-11-20)24-17-23(22-13-12-21(34-3)16-25(22)35-4)30-32(24)29(33)19-14-26(36-5)28(38-7)27(15-19)37-6/h8-16,24H,17H2,1-7H3/t24-/m1/s1. The number of ether oxygens (including phenoxy) is 5. The molecule has 0 fully saturated rings. The predicted molar refractivity (Wildman–Crippen MR) is 146 cm³/mol. The van der Waals surface area contributed by atoms with E-state index in [4.69, 9.17) is 28.8 Å². The topological polar surface area (TPSA) is 82.1 Å². The molecule has 0 aliphatic carbocycles. The van der Waals surface area contributed by atoms with Crippen molar-refractivity contribution < 1.29 is 28.5 Å². The number of amides is 1. The van der Waals surface area contributed by atoms with Crippen molar-refractivity contribution in [3.8, 4) is 28.7 Å². The first kappa shape index (κ1) is 26.7. The third-order valence-electron chi connectivity index (χ3n) is 6.54. The van der Waals surface area contributed by atoms with Crippen LogP contribution in [0.2, 0.25) is 0 Å². The first-order chi connectivity index (χ1) is 18.3. The van der Waals surface area contributed by atoms with Crippen LogP contribution in [0.25, 0.3) is 0 Å². The van der Waals surface area contributed by atoms with E-state index in [-0.39, 0.29) is 11.9 Å². The van der Waals surface area contributed by atoms with E-state index in [0.717, 1.165) is 22.5 Å². The number of rotatable bonds is 9. The van der Waals surface area contributed by atoms with Crippen LogP contribution in [-0.2, 0) is 0 Å². The van der Waals surface area contributed by atoms with Gasteiger partial charge in [0.05, 0.1) is 47.3 Å². The fraction of sp³-hybridized carbons (Fsp3) is 0.310. The average Bonchev–Trinajstić information content (AvgIpc) is 3.40. The molecule has 200 valence electrons. The van der Waals surface area contributed by atoms with Crippen molar-refractivity contribution >= 4 is 17.3 Å². The van der Waals surface area contributed by atoms with Crippen molar-refractivity contribution in [1.82, 2.24) is 5.01 Å². The number of hydrazone groups is 1. The van der Waals surface area contributed by atoms with Crippen molar-refractivity contribution in [2.45, 2.75) is 12.5 Å². The zero-order valence-corrected chi connectivity index (χ0v) is 22.8. The highest BCUT2D eigenvalue weighted by atomic mass is 16.5. The van der Waals surface area contributed by atoms with Crippen molar-refractivity contribution in [3.63, 3.8) is 0 Å². The second-order valence-electron chi connectivity index (χ2n) is 8.88. The van der Waals surface area contributed by atoms with E-state index in [1.165, 1.54) is 26.3 Å². The number of nitrogens with zero attached hydrogens (tertiary/aromatic N) is 3. The van der Waals surface area contributed by atoms with Gasteiger partial charge in [-0.05, 0) is 42.0 Å². The second-order valence-corrected chi connectivity index (χ2v) is 8.88. The largest absolute Gasteiger partial charge is 0.497 e. The molecule has 1 heterocycles.